The molecular weight excluding hydrogens is 228 g/mol. The molecule has 0 spiro atoms. The molecule has 94 valence electrons. The maximum atomic E-state index is 11.4. The molecule has 0 aliphatic heterocycles. The summed E-state index contributed by atoms with van der Waals surface area (Å²) in [6.07, 6.45) is 0.706. The van der Waals surface area contributed by atoms with E-state index in [4.69, 9.17) is 0 Å². The Hall–Kier alpha value is -2.10. The van der Waals surface area contributed by atoms with E-state index in [0.29, 0.717) is 5.82 Å². The standard InChI is InChI=1S/C14H16N2O2/c1-14(2,3)16(13(17)18)12-8-10-6-4-5-7-11(10)9-15-12/h4-9H,1-3H3,(H,17,18). The summed E-state index contributed by atoms with van der Waals surface area (Å²) in [4.78, 5) is 16.9. The number of benzene rings is 1. The highest BCUT2D eigenvalue weighted by atomic mass is 16.4. The minimum atomic E-state index is -0.995. The maximum Gasteiger partial charge on any atom is 0.413 e. The van der Waals surface area contributed by atoms with E-state index in [-0.39, 0.29) is 0 Å². The number of hydrogen-bond acceptors (Lipinski definition) is 2. The summed E-state index contributed by atoms with van der Waals surface area (Å²) in [5.74, 6) is 0.453. The van der Waals surface area contributed by atoms with Crippen LogP contribution in [-0.2, 0) is 0 Å². The van der Waals surface area contributed by atoms with Gasteiger partial charge >= 0.3 is 6.09 Å². The highest BCUT2D eigenvalue weighted by molar-refractivity contribution is 5.90. The quantitative estimate of drug-likeness (QED) is 0.835. The van der Waals surface area contributed by atoms with Crippen LogP contribution in [0.4, 0.5) is 10.6 Å². The lowest BCUT2D eigenvalue weighted by Crippen LogP contribution is -2.45. The number of amides is 1. The molecule has 1 aromatic carbocycles. The minimum absolute atomic E-state index is 0.453. The van der Waals surface area contributed by atoms with Crippen LogP contribution in [0.1, 0.15) is 20.8 Å². The van der Waals surface area contributed by atoms with Crippen molar-refractivity contribution in [2.24, 2.45) is 0 Å². The van der Waals surface area contributed by atoms with Gasteiger partial charge in [0.15, 0.2) is 0 Å². The zero-order chi connectivity index (χ0) is 13.3. The number of hydrogen-bond donors (Lipinski definition) is 1. The van der Waals surface area contributed by atoms with E-state index in [1.807, 2.05) is 45.0 Å². The summed E-state index contributed by atoms with van der Waals surface area (Å²) in [7, 11) is 0. The van der Waals surface area contributed by atoms with Crippen molar-refractivity contribution in [2.75, 3.05) is 4.90 Å². The zero-order valence-corrected chi connectivity index (χ0v) is 10.7. The third-order valence-corrected chi connectivity index (χ3v) is 2.71. The van der Waals surface area contributed by atoms with Gasteiger partial charge < -0.3 is 5.11 Å². The Balaban J connectivity index is 2.55. The van der Waals surface area contributed by atoms with Crippen LogP contribution in [-0.4, -0.2) is 21.7 Å². The summed E-state index contributed by atoms with van der Waals surface area (Å²) in [5, 5.41) is 11.3. The summed E-state index contributed by atoms with van der Waals surface area (Å²) < 4.78 is 0. The third-order valence-electron chi connectivity index (χ3n) is 2.71. The Morgan fingerprint density at radius 1 is 1.22 bits per heavy atom. The Kier molecular flexibility index (Phi) is 2.95. The lowest BCUT2D eigenvalue weighted by Gasteiger charge is -2.32. The van der Waals surface area contributed by atoms with Crippen LogP contribution in [0.3, 0.4) is 0 Å². The van der Waals surface area contributed by atoms with Crippen molar-refractivity contribution in [3.05, 3.63) is 36.5 Å². The number of aromatic nitrogens is 1. The first kappa shape index (κ1) is 12.4. The van der Waals surface area contributed by atoms with Crippen molar-refractivity contribution < 1.29 is 9.90 Å². The fraction of sp³-hybridized carbons (Fsp3) is 0.286. The number of nitrogens with zero attached hydrogens (tertiary/aromatic N) is 2. The number of pyridine rings is 1. The molecule has 2 aromatic rings. The van der Waals surface area contributed by atoms with E-state index in [9.17, 15) is 9.90 Å². The average molecular weight is 244 g/mol. The molecule has 4 heteroatoms. The van der Waals surface area contributed by atoms with Crippen molar-refractivity contribution >= 4 is 22.7 Å². The van der Waals surface area contributed by atoms with Crippen molar-refractivity contribution in [1.29, 1.82) is 0 Å². The number of carboxylic acid groups (broad SMARTS) is 1. The van der Waals surface area contributed by atoms with Crippen LogP contribution in [0.15, 0.2) is 36.5 Å². The van der Waals surface area contributed by atoms with E-state index < -0.39 is 11.6 Å². The van der Waals surface area contributed by atoms with Gasteiger partial charge in [0.05, 0.1) is 0 Å². The number of rotatable bonds is 1. The molecule has 18 heavy (non-hydrogen) atoms. The van der Waals surface area contributed by atoms with Crippen molar-refractivity contribution in [2.45, 2.75) is 26.3 Å². The van der Waals surface area contributed by atoms with Crippen molar-refractivity contribution in [3.8, 4) is 0 Å². The minimum Gasteiger partial charge on any atom is -0.465 e. The summed E-state index contributed by atoms with van der Waals surface area (Å²) >= 11 is 0. The molecule has 0 aliphatic carbocycles. The van der Waals surface area contributed by atoms with Crippen LogP contribution < -0.4 is 4.90 Å². The predicted octanol–water partition coefficient (Wildman–Crippen LogP) is 3.52. The number of carbonyl (C=O) groups is 1. The molecule has 0 saturated carbocycles. The Bertz CT molecular complexity index is 588. The highest BCUT2D eigenvalue weighted by Crippen LogP contribution is 2.25. The molecule has 1 N–H and O–H groups in total. The van der Waals surface area contributed by atoms with Gasteiger partial charge in [0.25, 0.3) is 0 Å². The number of fused-ring (bicyclic) bond motifs is 1. The van der Waals surface area contributed by atoms with Gasteiger partial charge in [-0.15, -0.1) is 0 Å². The van der Waals surface area contributed by atoms with Crippen molar-refractivity contribution in [1.82, 2.24) is 4.98 Å². The van der Waals surface area contributed by atoms with Crippen LogP contribution >= 0.6 is 0 Å². The lowest BCUT2D eigenvalue weighted by atomic mass is 10.1. The van der Waals surface area contributed by atoms with Gasteiger partial charge in [0.1, 0.15) is 5.82 Å². The molecule has 0 unspecified atom stereocenters. The average Bonchev–Trinajstić information content (AvgIpc) is 2.26. The smallest absolute Gasteiger partial charge is 0.413 e. The molecule has 0 bridgehead atoms. The SMILES string of the molecule is CC(C)(C)N(C(=O)O)c1cc2ccccc2cn1. The Labute approximate surface area is 106 Å². The topological polar surface area (TPSA) is 53.4 Å². The second-order valence-electron chi connectivity index (χ2n) is 5.18. The molecule has 1 heterocycles. The fourth-order valence-corrected chi connectivity index (χ4v) is 1.92. The van der Waals surface area contributed by atoms with E-state index in [2.05, 4.69) is 4.98 Å². The van der Waals surface area contributed by atoms with E-state index in [1.54, 1.807) is 12.3 Å². The lowest BCUT2D eigenvalue weighted by molar-refractivity contribution is 0.195. The molecule has 1 amide bonds. The van der Waals surface area contributed by atoms with Gasteiger partial charge in [-0.25, -0.2) is 9.78 Å². The van der Waals surface area contributed by atoms with Crippen LogP contribution in [0.5, 0.6) is 0 Å². The first-order chi connectivity index (χ1) is 8.39. The third kappa shape index (κ3) is 2.27. The molecule has 0 aliphatic rings. The molecular formula is C14H16N2O2. The molecule has 4 nitrogen and oxygen atoms in total. The van der Waals surface area contributed by atoms with Gasteiger partial charge in [-0.3, -0.25) is 4.90 Å². The van der Waals surface area contributed by atoms with Gasteiger partial charge in [-0.1, -0.05) is 24.3 Å². The van der Waals surface area contributed by atoms with Crippen LogP contribution in [0.25, 0.3) is 10.8 Å². The first-order valence-electron chi connectivity index (χ1n) is 5.77. The van der Waals surface area contributed by atoms with Crippen molar-refractivity contribution in [3.63, 3.8) is 0 Å². The fourth-order valence-electron chi connectivity index (χ4n) is 1.92. The van der Waals surface area contributed by atoms with E-state index >= 15 is 0 Å². The second kappa shape index (κ2) is 4.29. The van der Waals surface area contributed by atoms with Crippen LogP contribution in [0, 0.1) is 0 Å². The summed E-state index contributed by atoms with van der Waals surface area (Å²) in [6.45, 7) is 5.54. The molecule has 0 atom stereocenters. The van der Waals surface area contributed by atoms with Gasteiger partial charge in [-0.05, 0) is 32.2 Å². The maximum absolute atomic E-state index is 11.4. The monoisotopic (exact) mass is 244 g/mol. The molecule has 0 fully saturated rings. The van der Waals surface area contributed by atoms with E-state index in [1.165, 1.54) is 4.90 Å². The van der Waals surface area contributed by atoms with Gasteiger partial charge in [0.2, 0.25) is 0 Å². The normalized spacial score (nSPS) is 11.5. The molecule has 0 saturated heterocycles. The summed E-state index contributed by atoms with van der Waals surface area (Å²) in [6, 6.07) is 9.56. The highest BCUT2D eigenvalue weighted by Gasteiger charge is 2.28. The first-order valence-corrected chi connectivity index (χ1v) is 5.77. The second-order valence-corrected chi connectivity index (χ2v) is 5.18. The summed E-state index contributed by atoms with van der Waals surface area (Å²) in [5.41, 5.74) is -0.526. The Morgan fingerprint density at radius 2 is 1.83 bits per heavy atom. The van der Waals surface area contributed by atoms with E-state index in [0.717, 1.165) is 10.8 Å². The molecule has 2 rings (SSSR count). The largest absolute Gasteiger partial charge is 0.465 e. The molecule has 1 aromatic heterocycles. The van der Waals surface area contributed by atoms with Crippen LogP contribution in [0.2, 0.25) is 0 Å². The molecule has 0 radical (unpaired) electrons. The zero-order valence-electron chi connectivity index (χ0n) is 10.7. The predicted molar refractivity (Wildman–Crippen MR) is 72.0 cm³/mol. The Morgan fingerprint density at radius 3 is 2.39 bits per heavy atom. The van der Waals surface area contributed by atoms with Gasteiger partial charge in [0, 0.05) is 17.1 Å². The van der Waals surface area contributed by atoms with Gasteiger partial charge in [-0.2, -0.15) is 0 Å². The number of anilines is 1.